The molecule has 4 rings (SSSR count). The van der Waals surface area contributed by atoms with E-state index in [2.05, 4.69) is 41.9 Å². The van der Waals surface area contributed by atoms with E-state index in [0.29, 0.717) is 25.5 Å². The van der Waals surface area contributed by atoms with Crippen molar-refractivity contribution >= 4 is 16.9 Å². The Hall–Kier alpha value is -3.60. The second-order valence-electron chi connectivity index (χ2n) is 8.83. The van der Waals surface area contributed by atoms with Crippen LogP contribution >= 0.6 is 0 Å². The predicted molar refractivity (Wildman–Crippen MR) is 137 cm³/mol. The second kappa shape index (κ2) is 11.5. The maximum atomic E-state index is 12.2. The van der Waals surface area contributed by atoms with E-state index in [-0.39, 0.29) is 5.91 Å². The summed E-state index contributed by atoms with van der Waals surface area (Å²) < 4.78 is 8.43. The van der Waals surface area contributed by atoms with Gasteiger partial charge in [0.2, 0.25) is 5.91 Å². The van der Waals surface area contributed by atoms with Gasteiger partial charge >= 0.3 is 0 Å². The lowest BCUT2D eigenvalue weighted by molar-refractivity contribution is -0.120. The molecular weight excluding hydrogens is 422 g/mol. The molecule has 0 radical (unpaired) electrons. The first-order valence-electron chi connectivity index (χ1n) is 12.1. The van der Waals surface area contributed by atoms with Crippen LogP contribution in [0.15, 0.2) is 78.9 Å². The van der Waals surface area contributed by atoms with Crippen molar-refractivity contribution in [2.45, 2.75) is 45.6 Å². The monoisotopic (exact) mass is 455 g/mol. The van der Waals surface area contributed by atoms with Gasteiger partial charge in [0.25, 0.3) is 0 Å². The minimum absolute atomic E-state index is 0.0527. The van der Waals surface area contributed by atoms with Crippen molar-refractivity contribution in [3.8, 4) is 5.75 Å². The molecular formula is C29H33N3O2. The minimum Gasteiger partial charge on any atom is -0.491 e. The van der Waals surface area contributed by atoms with E-state index >= 15 is 0 Å². The zero-order valence-electron chi connectivity index (χ0n) is 20.0. The van der Waals surface area contributed by atoms with E-state index in [9.17, 15) is 4.79 Å². The van der Waals surface area contributed by atoms with Crippen LogP contribution in [-0.4, -0.2) is 28.6 Å². The fraction of sp³-hybridized carbons (Fsp3) is 0.310. The number of aromatic nitrogens is 2. The molecule has 0 aliphatic carbocycles. The van der Waals surface area contributed by atoms with Gasteiger partial charge in [-0.3, -0.25) is 4.79 Å². The molecule has 4 aromatic rings. The predicted octanol–water partition coefficient (Wildman–Crippen LogP) is 5.53. The molecule has 0 aliphatic heterocycles. The average molecular weight is 456 g/mol. The molecule has 0 unspecified atom stereocenters. The minimum atomic E-state index is 0.0527. The van der Waals surface area contributed by atoms with Crippen molar-refractivity contribution in [1.82, 2.24) is 14.9 Å². The Balaban J connectivity index is 1.35. The van der Waals surface area contributed by atoms with Crippen LogP contribution in [0.2, 0.25) is 0 Å². The summed E-state index contributed by atoms with van der Waals surface area (Å²) in [6, 6.07) is 26.3. The third-order valence-electron chi connectivity index (χ3n) is 5.95. The van der Waals surface area contributed by atoms with Crippen molar-refractivity contribution in [2.24, 2.45) is 0 Å². The highest BCUT2D eigenvalue weighted by Gasteiger charge is 2.12. The number of benzene rings is 3. The Bertz CT molecular complexity index is 1210. The number of aryl methyl sites for hydroxylation is 1. The SMILES string of the molecule is CC(C)c1ccccc1OCCn1c(CCCNC(=O)Cc2ccccc2)nc2ccccc21. The van der Waals surface area contributed by atoms with Crippen molar-refractivity contribution < 1.29 is 9.53 Å². The smallest absolute Gasteiger partial charge is 0.224 e. The normalized spacial score (nSPS) is 11.1. The molecule has 3 aromatic carbocycles. The number of imidazole rings is 1. The van der Waals surface area contributed by atoms with E-state index in [1.807, 2.05) is 60.7 Å². The summed E-state index contributed by atoms with van der Waals surface area (Å²) in [5.41, 5.74) is 4.37. The highest BCUT2D eigenvalue weighted by atomic mass is 16.5. The lowest BCUT2D eigenvalue weighted by atomic mass is 10.0. The summed E-state index contributed by atoms with van der Waals surface area (Å²) in [4.78, 5) is 17.1. The van der Waals surface area contributed by atoms with Crippen LogP contribution in [0.25, 0.3) is 11.0 Å². The number of fused-ring (bicyclic) bond motifs is 1. The first-order chi connectivity index (χ1) is 16.6. The Kier molecular flexibility index (Phi) is 7.97. The third-order valence-corrected chi connectivity index (χ3v) is 5.95. The third kappa shape index (κ3) is 6.04. The Labute approximate surface area is 201 Å². The Morgan fingerprint density at radius 1 is 0.971 bits per heavy atom. The molecule has 5 heteroatoms. The van der Waals surface area contributed by atoms with Gasteiger partial charge < -0.3 is 14.6 Å². The van der Waals surface area contributed by atoms with E-state index in [0.717, 1.165) is 47.6 Å². The van der Waals surface area contributed by atoms with Crippen LogP contribution in [0.4, 0.5) is 0 Å². The molecule has 0 fully saturated rings. The van der Waals surface area contributed by atoms with Gasteiger partial charge in [0, 0.05) is 13.0 Å². The molecule has 176 valence electrons. The van der Waals surface area contributed by atoms with Crippen LogP contribution in [0, 0.1) is 0 Å². The summed E-state index contributed by atoms with van der Waals surface area (Å²) >= 11 is 0. The number of carbonyl (C=O) groups excluding carboxylic acids is 1. The number of nitrogens with one attached hydrogen (secondary N) is 1. The maximum absolute atomic E-state index is 12.2. The van der Waals surface area contributed by atoms with Gasteiger partial charge in [-0.1, -0.05) is 74.5 Å². The molecule has 34 heavy (non-hydrogen) atoms. The van der Waals surface area contributed by atoms with Crippen molar-refractivity contribution in [1.29, 1.82) is 0 Å². The summed E-state index contributed by atoms with van der Waals surface area (Å²) in [5.74, 6) is 2.44. The van der Waals surface area contributed by atoms with Crippen LogP contribution in [0.3, 0.4) is 0 Å². The van der Waals surface area contributed by atoms with Crippen molar-refractivity contribution in [3.63, 3.8) is 0 Å². The number of amides is 1. The Morgan fingerprint density at radius 2 is 1.71 bits per heavy atom. The van der Waals surface area contributed by atoms with Crippen LogP contribution in [-0.2, 0) is 24.2 Å². The summed E-state index contributed by atoms with van der Waals surface area (Å²) in [7, 11) is 0. The molecule has 0 saturated carbocycles. The molecule has 0 aliphatic rings. The van der Waals surface area contributed by atoms with E-state index in [4.69, 9.17) is 9.72 Å². The van der Waals surface area contributed by atoms with Crippen LogP contribution in [0.1, 0.15) is 43.1 Å². The second-order valence-corrected chi connectivity index (χ2v) is 8.83. The van der Waals surface area contributed by atoms with Crippen LogP contribution < -0.4 is 10.1 Å². The summed E-state index contributed by atoms with van der Waals surface area (Å²) in [6.45, 7) is 6.30. The van der Waals surface area contributed by atoms with Gasteiger partial charge in [-0.15, -0.1) is 0 Å². The van der Waals surface area contributed by atoms with E-state index in [1.165, 1.54) is 5.56 Å². The standard InChI is InChI=1S/C29H33N3O2/c1-22(2)24-13-6-9-16-27(24)34-20-19-32-26-15-8-7-14-25(26)31-28(32)17-10-18-30-29(33)21-23-11-4-3-5-12-23/h3-9,11-16,22H,10,17-21H2,1-2H3,(H,30,33). The zero-order valence-corrected chi connectivity index (χ0v) is 20.0. The lowest BCUT2D eigenvalue weighted by Crippen LogP contribution is -2.26. The average Bonchev–Trinajstić information content (AvgIpc) is 3.20. The van der Waals surface area contributed by atoms with Gasteiger partial charge in [-0.25, -0.2) is 4.98 Å². The highest BCUT2D eigenvalue weighted by Crippen LogP contribution is 2.26. The first kappa shape index (κ1) is 23.6. The molecule has 0 saturated heterocycles. The van der Waals surface area contributed by atoms with Gasteiger partial charge in [0.05, 0.1) is 24.0 Å². The zero-order chi connectivity index (χ0) is 23.8. The molecule has 1 aromatic heterocycles. The number of rotatable bonds is 11. The molecule has 0 bridgehead atoms. The van der Waals surface area contributed by atoms with E-state index < -0.39 is 0 Å². The van der Waals surface area contributed by atoms with Gasteiger partial charge in [-0.05, 0) is 41.7 Å². The van der Waals surface area contributed by atoms with E-state index in [1.54, 1.807) is 0 Å². The number of hydrogen-bond donors (Lipinski definition) is 1. The maximum Gasteiger partial charge on any atom is 0.224 e. The summed E-state index contributed by atoms with van der Waals surface area (Å²) in [6.07, 6.45) is 2.04. The fourth-order valence-corrected chi connectivity index (χ4v) is 4.22. The molecule has 0 atom stereocenters. The number of hydrogen-bond acceptors (Lipinski definition) is 3. The molecule has 1 amide bonds. The molecule has 1 heterocycles. The largest absolute Gasteiger partial charge is 0.491 e. The first-order valence-corrected chi connectivity index (χ1v) is 12.1. The number of para-hydroxylation sites is 3. The quantitative estimate of drug-likeness (QED) is 0.303. The lowest BCUT2D eigenvalue weighted by Gasteiger charge is -2.15. The topological polar surface area (TPSA) is 56.1 Å². The Morgan fingerprint density at radius 3 is 2.53 bits per heavy atom. The number of nitrogens with zero attached hydrogens (tertiary/aromatic N) is 2. The molecule has 5 nitrogen and oxygen atoms in total. The fourth-order valence-electron chi connectivity index (χ4n) is 4.22. The van der Waals surface area contributed by atoms with Crippen molar-refractivity contribution in [2.75, 3.05) is 13.2 Å². The molecule has 0 spiro atoms. The van der Waals surface area contributed by atoms with Crippen LogP contribution in [0.5, 0.6) is 5.75 Å². The van der Waals surface area contributed by atoms with Gasteiger partial charge in [0.15, 0.2) is 0 Å². The summed E-state index contributed by atoms with van der Waals surface area (Å²) in [5, 5.41) is 3.04. The number of carbonyl (C=O) groups is 1. The van der Waals surface area contributed by atoms with Gasteiger partial charge in [0.1, 0.15) is 18.2 Å². The number of ether oxygens (including phenoxy) is 1. The van der Waals surface area contributed by atoms with Gasteiger partial charge in [-0.2, -0.15) is 0 Å². The highest BCUT2D eigenvalue weighted by molar-refractivity contribution is 5.78. The van der Waals surface area contributed by atoms with Crippen molar-refractivity contribution in [3.05, 3.63) is 95.8 Å². The molecule has 1 N–H and O–H groups in total.